The van der Waals surface area contributed by atoms with Gasteiger partial charge in [-0.15, -0.1) is 10.2 Å². The Morgan fingerprint density at radius 1 is 1.18 bits per heavy atom. The first-order valence-corrected chi connectivity index (χ1v) is 4.77. The van der Waals surface area contributed by atoms with E-state index in [-0.39, 0.29) is 12.2 Å². The molecule has 2 N–H and O–H groups in total. The molecule has 1 heterocycles. The standard InChI is InChI=1S/C10H9F3N4/c11-10(12,13)8-3-7(4-14)1-2-9(8)17-5-15-16-6-17/h1-3,5-6H,4,14H2. The molecule has 0 unspecified atom stereocenters. The first-order chi connectivity index (χ1) is 8.02. The molecule has 0 spiro atoms. The molecule has 0 saturated heterocycles. The van der Waals surface area contributed by atoms with Gasteiger partial charge in [0, 0.05) is 6.54 Å². The molecule has 0 amide bonds. The van der Waals surface area contributed by atoms with Crippen LogP contribution in [0.15, 0.2) is 30.9 Å². The summed E-state index contributed by atoms with van der Waals surface area (Å²) in [7, 11) is 0. The van der Waals surface area contributed by atoms with Crippen LogP contribution < -0.4 is 5.73 Å². The van der Waals surface area contributed by atoms with Crippen molar-refractivity contribution in [3.8, 4) is 5.69 Å². The zero-order valence-electron chi connectivity index (χ0n) is 8.65. The molecule has 17 heavy (non-hydrogen) atoms. The van der Waals surface area contributed by atoms with E-state index in [9.17, 15) is 13.2 Å². The molecule has 2 rings (SSSR count). The number of benzene rings is 1. The Morgan fingerprint density at radius 2 is 1.82 bits per heavy atom. The van der Waals surface area contributed by atoms with E-state index in [1.165, 1.54) is 23.3 Å². The molecule has 0 bridgehead atoms. The summed E-state index contributed by atoms with van der Waals surface area (Å²) in [5, 5.41) is 6.97. The molecule has 0 fully saturated rings. The van der Waals surface area contributed by atoms with Crippen LogP contribution in [0.4, 0.5) is 13.2 Å². The highest BCUT2D eigenvalue weighted by molar-refractivity contribution is 5.45. The number of hydrogen-bond acceptors (Lipinski definition) is 3. The maximum atomic E-state index is 12.9. The average molecular weight is 242 g/mol. The highest BCUT2D eigenvalue weighted by atomic mass is 19.4. The Morgan fingerprint density at radius 3 is 2.35 bits per heavy atom. The summed E-state index contributed by atoms with van der Waals surface area (Å²) in [6, 6.07) is 3.94. The Balaban J connectivity index is 2.59. The van der Waals surface area contributed by atoms with Crippen molar-refractivity contribution in [3.05, 3.63) is 42.0 Å². The van der Waals surface area contributed by atoms with Gasteiger partial charge in [0.05, 0.1) is 11.3 Å². The lowest BCUT2D eigenvalue weighted by atomic mass is 10.1. The highest BCUT2D eigenvalue weighted by Gasteiger charge is 2.34. The number of halogens is 3. The highest BCUT2D eigenvalue weighted by Crippen LogP contribution is 2.34. The van der Waals surface area contributed by atoms with Crippen molar-refractivity contribution in [1.29, 1.82) is 0 Å². The summed E-state index contributed by atoms with van der Waals surface area (Å²) >= 11 is 0. The van der Waals surface area contributed by atoms with E-state index >= 15 is 0 Å². The Hall–Kier alpha value is -1.89. The molecule has 4 nitrogen and oxygen atoms in total. The lowest BCUT2D eigenvalue weighted by Crippen LogP contribution is -2.11. The molecule has 0 aliphatic rings. The summed E-state index contributed by atoms with van der Waals surface area (Å²) in [4.78, 5) is 0. The molecule has 2 aromatic rings. The molecule has 0 atom stereocenters. The fraction of sp³-hybridized carbons (Fsp3) is 0.200. The Kier molecular flexibility index (Phi) is 2.84. The third kappa shape index (κ3) is 2.28. The van der Waals surface area contributed by atoms with E-state index in [0.29, 0.717) is 5.56 Å². The number of rotatable bonds is 2. The minimum Gasteiger partial charge on any atom is -0.326 e. The minimum atomic E-state index is -4.44. The molecule has 7 heteroatoms. The maximum absolute atomic E-state index is 12.9. The van der Waals surface area contributed by atoms with E-state index in [1.807, 2.05) is 0 Å². The van der Waals surface area contributed by atoms with Crippen LogP contribution in [0.1, 0.15) is 11.1 Å². The maximum Gasteiger partial charge on any atom is 0.418 e. The predicted octanol–water partition coefficient (Wildman–Crippen LogP) is 1.74. The van der Waals surface area contributed by atoms with E-state index in [2.05, 4.69) is 10.2 Å². The molecule has 0 aliphatic carbocycles. The van der Waals surface area contributed by atoms with Gasteiger partial charge in [0.15, 0.2) is 0 Å². The predicted molar refractivity (Wildman–Crippen MR) is 54.3 cm³/mol. The van der Waals surface area contributed by atoms with Crippen molar-refractivity contribution in [2.24, 2.45) is 5.73 Å². The van der Waals surface area contributed by atoms with E-state index in [1.54, 1.807) is 6.07 Å². The summed E-state index contributed by atoms with van der Waals surface area (Å²) < 4.78 is 39.8. The van der Waals surface area contributed by atoms with Gasteiger partial charge < -0.3 is 5.73 Å². The summed E-state index contributed by atoms with van der Waals surface area (Å²) in [6.45, 7) is 0.0611. The Labute approximate surface area is 94.9 Å². The van der Waals surface area contributed by atoms with Crippen molar-refractivity contribution in [1.82, 2.24) is 14.8 Å². The number of nitrogens with zero attached hydrogens (tertiary/aromatic N) is 3. The van der Waals surface area contributed by atoms with E-state index in [0.717, 1.165) is 6.07 Å². The molecule has 1 aromatic carbocycles. The van der Waals surface area contributed by atoms with Gasteiger partial charge in [0.2, 0.25) is 0 Å². The van der Waals surface area contributed by atoms with Crippen LogP contribution in [0.3, 0.4) is 0 Å². The fourth-order valence-corrected chi connectivity index (χ4v) is 1.49. The van der Waals surface area contributed by atoms with Crippen molar-refractivity contribution >= 4 is 0 Å². The second kappa shape index (κ2) is 4.17. The molecular formula is C10H9F3N4. The van der Waals surface area contributed by atoms with Crippen molar-refractivity contribution < 1.29 is 13.2 Å². The molecule has 0 radical (unpaired) electrons. The first-order valence-electron chi connectivity index (χ1n) is 4.77. The third-order valence-electron chi connectivity index (χ3n) is 2.30. The quantitative estimate of drug-likeness (QED) is 0.872. The second-order valence-electron chi connectivity index (χ2n) is 3.42. The van der Waals surface area contributed by atoms with Crippen molar-refractivity contribution in [2.75, 3.05) is 0 Å². The second-order valence-corrected chi connectivity index (χ2v) is 3.42. The van der Waals surface area contributed by atoms with Gasteiger partial charge in [-0.1, -0.05) is 6.07 Å². The minimum absolute atomic E-state index is 0.0142. The summed E-state index contributed by atoms with van der Waals surface area (Å²) in [6.07, 6.45) is -2.01. The molecular weight excluding hydrogens is 233 g/mol. The van der Waals surface area contributed by atoms with Crippen LogP contribution in [-0.2, 0) is 12.7 Å². The lowest BCUT2D eigenvalue weighted by Gasteiger charge is -2.14. The SMILES string of the molecule is NCc1ccc(-n2cnnc2)c(C(F)(F)F)c1. The first kappa shape index (κ1) is 11.6. The molecule has 1 aromatic heterocycles. The third-order valence-corrected chi connectivity index (χ3v) is 2.30. The van der Waals surface area contributed by atoms with Crippen LogP contribution in [0, 0.1) is 0 Å². The van der Waals surface area contributed by atoms with Gasteiger partial charge in [0.25, 0.3) is 0 Å². The van der Waals surface area contributed by atoms with Crippen LogP contribution in [0.2, 0.25) is 0 Å². The van der Waals surface area contributed by atoms with Gasteiger partial charge in [-0.3, -0.25) is 4.57 Å². The Bertz CT molecular complexity index is 505. The van der Waals surface area contributed by atoms with Gasteiger partial charge in [-0.05, 0) is 17.7 Å². The lowest BCUT2D eigenvalue weighted by molar-refractivity contribution is -0.137. The zero-order chi connectivity index (χ0) is 12.5. The van der Waals surface area contributed by atoms with Crippen molar-refractivity contribution in [2.45, 2.75) is 12.7 Å². The normalized spacial score (nSPS) is 11.8. The summed E-state index contributed by atoms with van der Waals surface area (Å²) in [5.74, 6) is 0. The zero-order valence-corrected chi connectivity index (χ0v) is 8.65. The van der Waals surface area contributed by atoms with Crippen molar-refractivity contribution in [3.63, 3.8) is 0 Å². The van der Waals surface area contributed by atoms with Gasteiger partial charge in [0.1, 0.15) is 12.7 Å². The molecule has 0 aliphatic heterocycles. The number of hydrogen-bond donors (Lipinski definition) is 1. The number of nitrogens with two attached hydrogens (primary N) is 1. The topological polar surface area (TPSA) is 56.7 Å². The van der Waals surface area contributed by atoms with Crippen LogP contribution in [-0.4, -0.2) is 14.8 Å². The van der Waals surface area contributed by atoms with Crippen LogP contribution >= 0.6 is 0 Å². The van der Waals surface area contributed by atoms with Gasteiger partial charge in [-0.2, -0.15) is 13.2 Å². The number of aromatic nitrogens is 3. The van der Waals surface area contributed by atoms with E-state index < -0.39 is 11.7 Å². The number of alkyl halides is 3. The van der Waals surface area contributed by atoms with Gasteiger partial charge >= 0.3 is 6.18 Å². The van der Waals surface area contributed by atoms with Crippen LogP contribution in [0.25, 0.3) is 5.69 Å². The average Bonchev–Trinajstić information content (AvgIpc) is 2.80. The molecule has 0 saturated carbocycles. The van der Waals surface area contributed by atoms with Crippen LogP contribution in [0.5, 0.6) is 0 Å². The van der Waals surface area contributed by atoms with E-state index in [4.69, 9.17) is 5.73 Å². The fourth-order valence-electron chi connectivity index (χ4n) is 1.49. The molecule has 90 valence electrons. The largest absolute Gasteiger partial charge is 0.418 e. The smallest absolute Gasteiger partial charge is 0.326 e. The monoisotopic (exact) mass is 242 g/mol. The van der Waals surface area contributed by atoms with Gasteiger partial charge in [-0.25, -0.2) is 0 Å². The summed E-state index contributed by atoms with van der Waals surface area (Å²) in [5.41, 5.74) is 4.99.